The van der Waals surface area contributed by atoms with Crippen molar-refractivity contribution in [1.82, 2.24) is 0 Å². The Labute approximate surface area is 125 Å². The van der Waals surface area contributed by atoms with Crippen molar-refractivity contribution in [3.63, 3.8) is 0 Å². The summed E-state index contributed by atoms with van der Waals surface area (Å²) in [6.07, 6.45) is 0.443. The molecule has 106 valence electrons. The van der Waals surface area contributed by atoms with Crippen LogP contribution in [0.2, 0.25) is 10.0 Å². The van der Waals surface area contributed by atoms with E-state index in [0.717, 1.165) is 4.90 Å². The second-order valence-corrected chi connectivity index (χ2v) is 5.54. The van der Waals surface area contributed by atoms with Gasteiger partial charge in [-0.1, -0.05) is 30.1 Å². The smallest absolute Gasteiger partial charge is 0.335 e. The number of hydrogen-bond acceptors (Lipinski definition) is 3. The molecule has 7 heteroatoms. The number of amides is 2. The monoisotopic (exact) mass is 315 g/mol. The van der Waals surface area contributed by atoms with E-state index in [1.807, 2.05) is 6.92 Å². The molecule has 0 aliphatic carbocycles. The van der Waals surface area contributed by atoms with E-state index < -0.39 is 5.97 Å². The minimum Gasteiger partial charge on any atom is -0.478 e. The van der Waals surface area contributed by atoms with Gasteiger partial charge in [-0.25, -0.2) is 9.69 Å². The number of aromatic carboxylic acids is 1. The van der Waals surface area contributed by atoms with E-state index in [1.165, 1.54) is 12.1 Å². The summed E-state index contributed by atoms with van der Waals surface area (Å²) in [7, 11) is 0. The van der Waals surface area contributed by atoms with Gasteiger partial charge in [0.05, 0.1) is 21.3 Å². The molecule has 0 bridgehead atoms. The molecule has 0 atom stereocenters. The number of carbonyl (C=O) groups is 3. The van der Waals surface area contributed by atoms with Crippen LogP contribution >= 0.6 is 23.2 Å². The van der Waals surface area contributed by atoms with Crippen molar-refractivity contribution in [2.75, 3.05) is 4.90 Å². The second kappa shape index (κ2) is 5.42. The Morgan fingerprint density at radius 3 is 2.05 bits per heavy atom. The minimum absolute atomic E-state index is 0.0258. The molecule has 1 fully saturated rings. The third-order valence-electron chi connectivity index (χ3n) is 3.03. The van der Waals surface area contributed by atoms with Crippen LogP contribution < -0.4 is 4.90 Å². The van der Waals surface area contributed by atoms with Gasteiger partial charge in [-0.3, -0.25) is 9.59 Å². The molecule has 1 aliphatic heterocycles. The molecule has 20 heavy (non-hydrogen) atoms. The third kappa shape index (κ3) is 2.64. The highest BCUT2D eigenvalue weighted by molar-refractivity contribution is 6.42. The minimum atomic E-state index is -1.19. The maximum Gasteiger partial charge on any atom is 0.335 e. The summed E-state index contributed by atoms with van der Waals surface area (Å²) in [6.45, 7) is 1.81. The molecule has 2 amide bonds. The Morgan fingerprint density at radius 2 is 1.65 bits per heavy atom. The van der Waals surface area contributed by atoms with E-state index in [1.54, 1.807) is 0 Å². The van der Waals surface area contributed by atoms with Gasteiger partial charge in [0.2, 0.25) is 11.8 Å². The molecule has 1 aliphatic rings. The molecular formula is C13H11Cl2NO4. The third-order valence-corrected chi connectivity index (χ3v) is 3.61. The number of carboxylic acid groups (broad SMARTS) is 1. The van der Waals surface area contributed by atoms with Crippen molar-refractivity contribution >= 4 is 46.7 Å². The van der Waals surface area contributed by atoms with Crippen LogP contribution in [0, 0.1) is 5.92 Å². The Morgan fingerprint density at radius 1 is 1.20 bits per heavy atom. The maximum atomic E-state index is 12.0. The van der Waals surface area contributed by atoms with Gasteiger partial charge < -0.3 is 5.11 Å². The van der Waals surface area contributed by atoms with Gasteiger partial charge in [0.1, 0.15) is 0 Å². The fourth-order valence-electron chi connectivity index (χ4n) is 2.14. The molecule has 0 radical (unpaired) electrons. The second-order valence-electron chi connectivity index (χ2n) is 4.73. The summed E-state index contributed by atoms with van der Waals surface area (Å²) in [5, 5.41) is 8.84. The number of halogens is 2. The van der Waals surface area contributed by atoms with Crippen molar-refractivity contribution in [2.45, 2.75) is 19.8 Å². The Hall–Kier alpha value is -1.59. The lowest BCUT2D eigenvalue weighted by Gasteiger charge is -2.29. The molecule has 1 heterocycles. The van der Waals surface area contributed by atoms with E-state index >= 15 is 0 Å². The molecule has 1 N–H and O–H groups in total. The summed E-state index contributed by atoms with van der Waals surface area (Å²) in [5.74, 6) is -1.99. The van der Waals surface area contributed by atoms with Gasteiger partial charge in [0.15, 0.2) is 0 Å². The van der Waals surface area contributed by atoms with E-state index in [9.17, 15) is 14.4 Å². The van der Waals surface area contributed by atoms with Crippen LogP contribution in [0.15, 0.2) is 12.1 Å². The number of nitrogens with zero attached hydrogens (tertiary/aromatic N) is 1. The quantitative estimate of drug-likeness (QED) is 0.851. The van der Waals surface area contributed by atoms with E-state index in [0.29, 0.717) is 0 Å². The van der Waals surface area contributed by atoms with Crippen LogP contribution in [0.3, 0.4) is 0 Å². The number of anilines is 1. The summed E-state index contributed by atoms with van der Waals surface area (Å²) in [4.78, 5) is 35.9. The lowest BCUT2D eigenvalue weighted by Crippen LogP contribution is -2.43. The molecule has 0 unspecified atom stereocenters. The molecule has 0 aromatic heterocycles. The molecular weight excluding hydrogens is 305 g/mol. The van der Waals surface area contributed by atoms with Gasteiger partial charge in [-0.2, -0.15) is 0 Å². The normalized spacial score (nSPS) is 16.6. The van der Waals surface area contributed by atoms with Crippen molar-refractivity contribution in [1.29, 1.82) is 0 Å². The number of benzene rings is 1. The number of piperidine rings is 1. The van der Waals surface area contributed by atoms with Crippen molar-refractivity contribution in [3.8, 4) is 0 Å². The molecule has 2 rings (SSSR count). The molecule has 5 nitrogen and oxygen atoms in total. The van der Waals surface area contributed by atoms with Crippen LogP contribution in [0.1, 0.15) is 30.1 Å². The zero-order valence-electron chi connectivity index (χ0n) is 10.5. The van der Waals surface area contributed by atoms with Crippen molar-refractivity contribution < 1.29 is 19.5 Å². The largest absolute Gasteiger partial charge is 0.478 e. The summed E-state index contributed by atoms with van der Waals surface area (Å²) >= 11 is 12.0. The predicted molar refractivity (Wildman–Crippen MR) is 74.3 cm³/mol. The Balaban J connectivity index is 2.50. The van der Waals surface area contributed by atoms with E-state index in [2.05, 4.69) is 0 Å². The fourth-order valence-corrected chi connectivity index (χ4v) is 2.80. The zero-order chi connectivity index (χ0) is 15.0. The Bertz CT molecular complexity index is 573. The van der Waals surface area contributed by atoms with Crippen LogP contribution in [0.5, 0.6) is 0 Å². The highest BCUT2D eigenvalue weighted by Crippen LogP contribution is 2.38. The predicted octanol–water partition coefficient (Wildman–Crippen LogP) is 2.98. The Kier molecular flexibility index (Phi) is 4.01. The average molecular weight is 316 g/mol. The topological polar surface area (TPSA) is 74.7 Å². The first-order valence-corrected chi connectivity index (χ1v) is 6.65. The molecule has 1 saturated heterocycles. The van der Waals surface area contributed by atoms with Crippen molar-refractivity contribution in [2.24, 2.45) is 5.92 Å². The summed E-state index contributed by atoms with van der Waals surface area (Å²) < 4.78 is 0. The lowest BCUT2D eigenvalue weighted by molar-refractivity contribution is -0.130. The number of carbonyl (C=O) groups excluding carboxylic acids is 2. The van der Waals surface area contributed by atoms with Gasteiger partial charge >= 0.3 is 5.97 Å². The first-order valence-electron chi connectivity index (χ1n) is 5.89. The fraction of sp³-hybridized carbons (Fsp3) is 0.308. The van der Waals surface area contributed by atoms with Crippen LogP contribution in [0.4, 0.5) is 5.69 Å². The number of imide groups is 1. The summed E-state index contributed by atoms with van der Waals surface area (Å²) in [5.41, 5.74) is -0.0470. The van der Waals surface area contributed by atoms with E-state index in [-0.39, 0.29) is 51.9 Å². The van der Waals surface area contributed by atoms with Crippen LogP contribution in [-0.4, -0.2) is 22.9 Å². The van der Waals surface area contributed by atoms with Gasteiger partial charge in [0, 0.05) is 12.8 Å². The summed E-state index contributed by atoms with van der Waals surface area (Å²) in [6, 6.07) is 2.34. The molecule has 1 aromatic carbocycles. The average Bonchev–Trinajstić information content (AvgIpc) is 2.30. The zero-order valence-corrected chi connectivity index (χ0v) is 12.0. The van der Waals surface area contributed by atoms with Crippen molar-refractivity contribution in [3.05, 3.63) is 27.7 Å². The SMILES string of the molecule is CC1CC(=O)N(c2c(Cl)cc(C(=O)O)cc2Cl)C(=O)C1. The van der Waals surface area contributed by atoms with Crippen LogP contribution in [0.25, 0.3) is 0 Å². The highest BCUT2D eigenvalue weighted by Gasteiger charge is 2.34. The van der Waals surface area contributed by atoms with Crippen LogP contribution in [-0.2, 0) is 9.59 Å². The first kappa shape index (κ1) is 14.8. The first-order chi connectivity index (χ1) is 9.31. The lowest BCUT2D eigenvalue weighted by atomic mass is 9.97. The van der Waals surface area contributed by atoms with Gasteiger partial charge in [-0.05, 0) is 18.1 Å². The molecule has 0 saturated carbocycles. The number of rotatable bonds is 2. The molecule has 0 spiro atoms. The maximum absolute atomic E-state index is 12.0. The highest BCUT2D eigenvalue weighted by atomic mass is 35.5. The van der Waals surface area contributed by atoms with Gasteiger partial charge in [0.25, 0.3) is 0 Å². The number of carboxylic acids is 1. The van der Waals surface area contributed by atoms with Gasteiger partial charge in [-0.15, -0.1) is 0 Å². The number of hydrogen-bond donors (Lipinski definition) is 1. The molecule has 1 aromatic rings. The standard InChI is InChI=1S/C13H11Cl2NO4/c1-6-2-10(17)16(11(18)3-6)12-8(14)4-7(13(19)20)5-9(12)15/h4-6H,2-3H2,1H3,(H,19,20). The van der Waals surface area contributed by atoms with E-state index in [4.69, 9.17) is 28.3 Å².